The Morgan fingerprint density at radius 1 is 1.22 bits per heavy atom. The summed E-state index contributed by atoms with van der Waals surface area (Å²) in [4.78, 5) is 22.6. The molecule has 1 aliphatic heterocycles. The highest BCUT2D eigenvalue weighted by Crippen LogP contribution is 2.26. The summed E-state index contributed by atoms with van der Waals surface area (Å²) in [7, 11) is 0. The lowest BCUT2D eigenvalue weighted by molar-refractivity contribution is -0.584. The number of allylic oxidation sites excluding steroid dienone is 5. The van der Waals surface area contributed by atoms with Crippen LogP contribution in [-0.4, -0.2) is 27.5 Å². The number of aliphatic imine (C=N–C) groups is 2. The Labute approximate surface area is 213 Å². The molecule has 0 saturated carbocycles. The minimum Gasteiger partial charge on any atom is -0.293 e. The standard InChI is InChI=1S/C29H35N6O/c1-6-25-18-24(5)31-29(30-13-14-35(20-36)27-12-9-22(3)23(4)17-27)32-28(25)34-16-15-33(19-34)26-10-7-21(2)8-11-26/h7-16,19-20,23H,6,17-18H2,1-5H3,(H,30,32)/q+1. The summed E-state index contributed by atoms with van der Waals surface area (Å²) in [5.74, 6) is 1.85. The Bertz CT molecular complexity index is 1300. The van der Waals surface area contributed by atoms with Crippen molar-refractivity contribution in [1.29, 1.82) is 0 Å². The molecule has 1 aromatic carbocycles. The lowest BCUT2D eigenvalue weighted by atomic mass is 9.92. The highest BCUT2D eigenvalue weighted by atomic mass is 16.1. The number of benzene rings is 1. The summed E-state index contributed by atoms with van der Waals surface area (Å²) in [6.07, 6.45) is 16.8. The van der Waals surface area contributed by atoms with E-state index >= 15 is 0 Å². The van der Waals surface area contributed by atoms with Gasteiger partial charge in [-0.1, -0.05) is 43.2 Å². The zero-order chi connectivity index (χ0) is 25.7. The van der Waals surface area contributed by atoms with Crippen LogP contribution in [0.2, 0.25) is 0 Å². The third kappa shape index (κ3) is 5.79. The minimum atomic E-state index is 0.410. The quantitative estimate of drug-likeness (QED) is 0.431. The van der Waals surface area contributed by atoms with Gasteiger partial charge < -0.3 is 0 Å². The summed E-state index contributed by atoms with van der Waals surface area (Å²) in [6, 6.07) is 8.44. The van der Waals surface area contributed by atoms with Crippen molar-refractivity contribution in [2.45, 2.75) is 53.9 Å². The fraction of sp³-hybridized carbons (Fsp3) is 0.310. The number of rotatable bonds is 7. The van der Waals surface area contributed by atoms with Gasteiger partial charge in [-0.25, -0.2) is 24.4 Å². The number of nitrogens with one attached hydrogen (secondary N) is 1. The summed E-state index contributed by atoms with van der Waals surface area (Å²) >= 11 is 0. The van der Waals surface area contributed by atoms with E-state index in [-0.39, 0.29) is 0 Å². The van der Waals surface area contributed by atoms with Crippen LogP contribution in [0.3, 0.4) is 0 Å². The molecule has 1 aromatic heterocycles. The van der Waals surface area contributed by atoms with Gasteiger partial charge in [-0.2, -0.15) is 0 Å². The first-order chi connectivity index (χ1) is 17.4. The first kappa shape index (κ1) is 25.1. The van der Waals surface area contributed by atoms with Crippen LogP contribution in [0.25, 0.3) is 11.5 Å². The van der Waals surface area contributed by atoms with Crippen molar-refractivity contribution in [2.24, 2.45) is 15.9 Å². The molecule has 36 heavy (non-hydrogen) atoms. The second-order valence-electron chi connectivity index (χ2n) is 9.46. The maximum Gasteiger partial charge on any atom is 0.288 e. The first-order valence-corrected chi connectivity index (χ1v) is 12.4. The summed E-state index contributed by atoms with van der Waals surface area (Å²) in [6.45, 7) is 10.5. The molecule has 0 fully saturated rings. The van der Waals surface area contributed by atoms with Gasteiger partial charge in [-0.15, -0.1) is 0 Å². The number of aryl methyl sites for hydroxylation is 1. The molecule has 1 unspecified atom stereocenters. The predicted molar refractivity (Wildman–Crippen MR) is 145 cm³/mol. The molecule has 2 heterocycles. The minimum absolute atomic E-state index is 0.410. The second-order valence-corrected chi connectivity index (χ2v) is 9.46. The van der Waals surface area contributed by atoms with Crippen LogP contribution in [-0.2, 0) is 4.79 Å². The summed E-state index contributed by atoms with van der Waals surface area (Å²) in [5.41, 5.74) is 6.83. The molecule has 0 spiro atoms. The molecule has 0 radical (unpaired) electrons. The highest BCUT2D eigenvalue weighted by Gasteiger charge is 2.22. The van der Waals surface area contributed by atoms with Crippen LogP contribution in [0, 0.1) is 12.8 Å². The Balaban J connectivity index is 1.58. The zero-order valence-electron chi connectivity index (χ0n) is 21.8. The fourth-order valence-electron chi connectivity index (χ4n) is 4.29. The highest BCUT2D eigenvalue weighted by molar-refractivity contribution is 6.01. The molecule has 186 valence electrons. The van der Waals surface area contributed by atoms with E-state index in [0.29, 0.717) is 11.9 Å². The average Bonchev–Trinajstić information content (AvgIpc) is 3.29. The Hall–Kier alpha value is -4.00. The van der Waals surface area contributed by atoms with Crippen LogP contribution < -0.4 is 9.88 Å². The van der Waals surface area contributed by atoms with Crippen molar-refractivity contribution in [1.82, 2.24) is 14.8 Å². The molecule has 1 amide bonds. The normalized spacial score (nSPS) is 19.5. The van der Waals surface area contributed by atoms with E-state index < -0.39 is 0 Å². The van der Waals surface area contributed by atoms with E-state index in [9.17, 15) is 4.79 Å². The number of imidazole rings is 1. The van der Waals surface area contributed by atoms with E-state index in [1.165, 1.54) is 16.7 Å². The van der Waals surface area contributed by atoms with Gasteiger partial charge in [-0.3, -0.25) is 9.69 Å². The first-order valence-electron chi connectivity index (χ1n) is 12.4. The van der Waals surface area contributed by atoms with E-state index in [0.717, 1.165) is 48.6 Å². The molecule has 1 aliphatic carbocycles. The van der Waals surface area contributed by atoms with Crippen LogP contribution in [0.4, 0.5) is 0 Å². The van der Waals surface area contributed by atoms with E-state index in [1.807, 2.05) is 25.4 Å². The molecule has 0 saturated heterocycles. The number of hydrogen-bond acceptors (Lipinski definition) is 2. The lowest BCUT2D eigenvalue weighted by Crippen LogP contribution is -2.40. The van der Waals surface area contributed by atoms with Gasteiger partial charge in [0.1, 0.15) is 11.9 Å². The zero-order valence-corrected chi connectivity index (χ0v) is 21.8. The van der Waals surface area contributed by atoms with Crippen LogP contribution >= 0.6 is 0 Å². The van der Waals surface area contributed by atoms with Gasteiger partial charge in [0.05, 0.1) is 6.20 Å². The Morgan fingerprint density at radius 3 is 2.69 bits per heavy atom. The third-order valence-electron chi connectivity index (χ3n) is 6.69. The second kappa shape index (κ2) is 11.2. The van der Waals surface area contributed by atoms with Crippen molar-refractivity contribution in [3.8, 4) is 5.69 Å². The summed E-state index contributed by atoms with van der Waals surface area (Å²) in [5, 5.41) is 3.43. The molecule has 4 rings (SSSR count). The number of nitrogens with zero attached hydrogens (tertiary/aromatic N) is 5. The van der Waals surface area contributed by atoms with Crippen molar-refractivity contribution in [2.75, 3.05) is 0 Å². The SMILES string of the molecule is CCC1=C([n+]2ccn(-c3ccc(C)cc3)c2)NC(=NC=CN(C=O)C2=CC=C(C)C(C)C2)N=C(C)C1. The smallest absolute Gasteiger partial charge is 0.288 e. The fourth-order valence-corrected chi connectivity index (χ4v) is 4.29. The average molecular weight is 484 g/mol. The molecular formula is C29H35N6O+. The topological polar surface area (TPSA) is 65.9 Å². The van der Waals surface area contributed by atoms with Gasteiger partial charge in [0.25, 0.3) is 5.96 Å². The molecule has 1 atom stereocenters. The monoisotopic (exact) mass is 483 g/mol. The number of hydrogen-bond donors (Lipinski definition) is 1. The predicted octanol–water partition coefficient (Wildman–Crippen LogP) is 5.26. The molecule has 0 bridgehead atoms. The molecule has 1 N–H and O–H groups in total. The number of carbonyl (C=O) groups excluding carboxylic acids is 1. The van der Waals surface area contributed by atoms with Crippen molar-refractivity contribution >= 4 is 23.9 Å². The van der Waals surface area contributed by atoms with Gasteiger partial charge in [0.15, 0.2) is 6.33 Å². The van der Waals surface area contributed by atoms with Crippen molar-refractivity contribution in [3.63, 3.8) is 0 Å². The summed E-state index contributed by atoms with van der Waals surface area (Å²) < 4.78 is 4.17. The molecule has 2 aromatic rings. The van der Waals surface area contributed by atoms with E-state index in [2.05, 4.69) is 83.8 Å². The van der Waals surface area contributed by atoms with Crippen LogP contribution in [0.15, 0.2) is 94.4 Å². The number of guanidine groups is 1. The van der Waals surface area contributed by atoms with Crippen LogP contribution in [0.5, 0.6) is 0 Å². The van der Waals surface area contributed by atoms with E-state index in [4.69, 9.17) is 4.99 Å². The van der Waals surface area contributed by atoms with Gasteiger partial charge in [0.2, 0.25) is 12.2 Å². The Kier molecular flexibility index (Phi) is 7.78. The molecule has 7 nitrogen and oxygen atoms in total. The van der Waals surface area contributed by atoms with E-state index in [1.54, 1.807) is 17.3 Å². The van der Waals surface area contributed by atoms with Crippen LogP contribution in [0.1, 0.15) is 52.5 Å². The van der Waals surface area contributed by atoms with Gasteiger partial charge in [0, 0.05) is 35.8 Å². The Morgan fingerprint density at radius 2 is 2.00 bits per heavy atom. The van der Waals surface area contributed by atoms with Crippen molar-refractivity contribution in [3.05, 3.63) is 89.9 Å². The van der Waals surface area contributed by atoms with Gasteiger partial charge >= 0.3 is 0 Å². The maximum atomic E-state index is 11.7. The van der Waals surface area contributed by atoms with Gasteiger partial charge in [-0.05, 0) is 57.7 Å². The molecular weight excluding hydrogens is 448 g/mol. The number of carbonyl (C=O) groups is 1. The molecule has 2 aliphatic rings. The third-order valence-corrected chi connectivity index (χ3v) is 6.69. The number of amides is 1. The lowest BCUT2D eigenvalue weighted by Gasteiger charge is -2.23. The molecule has 7 heteroatoms. The van der Waals surface area contributed by atoms with Crippen molar-refractivity contribution < 1.29 is 9.36 Å². The number of aromatic nitrogens is 2. The largest absolute Gasteiger partial charge is 0.293 e. The maximum absolute atomic E-state index is 11.7.